The minimum Gasteiger partial charge on any atom is -0.340 e. The lowest BCUT2D eigenvalue weighted by Gasteiger charge is -2.34. The number of sulfone groups is 1. The van der Waals surface area contributed by atoms with Crippen LogP contribution in [0, 0.1) is 0 Å². The second-order valence-corrected chi connectivity index (χ2v) is 10.0. The van der Waals surface area contributed by atoms with Crippen molar-refractivity contribution in [2.75, 3.05) is 31.9 Å². The Bertz CT molecular complexity index is 901. The van der Waals surface area contributed by atoms with E-state index in [1.807, 2.05) is 0 Å². The molecule has 5 nitrogen and oxygen atoms in total. The maximum absolute atomic E-state index is 12.5. The number of piperazine rings is 1. The molecule has 0 aromatic heterocycles. The van der Waals surface area contributed by atoms with Gasteiger partial charge >= 0.3 is 0 Å². The van der Waals surface area contributed by atoms with E-state index < -0.39 is 9.84 Å². The van der Waals surface area contributed by atoms with E-state index in [0.717, 1.165) is 19.6 Å². The summed E-state index contributed by atoms with van der Waals surface area (Å²) >= 11 is 0. The third-order valence-electron chi connectivity index (χ3n) is 5.46. The van der Waals surface area contributed by atoms with E-state index in [1.165, 1.54) is 11.1 Å². The fourth-order valence-electron chi connectivity index (χ4n) is 3.55. The summed E-state index contributed by atoms with van der Waals surface area (Å²) in [5.74, 6) is 0.313. The predicted molar refractivity (Wildman–Crippen MR) is 115 cm³/mol. The molecule has 0 atom stereocenters. The Labute approximate surface area is 174 Å². The van der Waals surface area contributed by atoms with Gasteiger partial charge in [-0.3, -0.25) is 9.69 Å². The van der Waals surface area contributed by atoms with E-state index in [1.54, 1.807) is 35.2 Å². The van der Waals surface area contributed by atoms with Gasteiger partial charge in [-0.05, 0) is 29.2 Å². The summed E-state index contributed by atoms with van der Waals surface area (Å²) < 4.78 is 24.7. The first kappa shape index (κ1) is 21.5. The maximum Gasteiger partial charge on any atom is 0.223 e. The zero-order chi connectivity index (χ0) is 20.9. The van der Waals surface area contributed by atoms with Crippen molar-refractivity contribution in [3.63, 3.8) is 0 Å². The molecule has 0 aliphatic carbocycles. The van der Waals surface area contributed by atoms with Crippen LogP contribution in [0.15, 0.2) is 59.5 Å². The van der Waals surface area contributed by atoms with Gasteiger partial charge in [0, 0.05) is 39.1 Å². The molecule has 0 bridgehead atoms. The SMILES string of the molecule is CC(C)c1ccc(CN2CCN(C(=O)CCS(=O)(=O)c3ccccc3)CC2)cc1. The molecular formula is C23H30N2O3S. The van der Waals surface area contributed by atoms with Crippen LogP contribution >= 0.6 is 0 Å². The normalized spacial score (nSPS) is 15.6. The molecule has 3 rings (SSSR count). The molecule has 1 aliphatic heterocycles. The summed E-state index contributed by atoms with van der Waals surface area (Å²) in [6.07, 6.45) is 0.0356. The quantitative estimate of drug-likeness (QED) is 0.697. The molecular weight excluding hydrogens is 384 g/mol. The topological polar surface area (TPSA) is 57.7 Å². The number of carbonyl (C=O) groups excluding carboxylic acids is 1. The molecule has 1 saturated heterocycles. The lowest BCUT2D eigenvalue weighted by atomic mass is 10.0. The number of amides is 1. The van der Waals surface area contributed by atoms with Gasteiger partial charge in [-0.2, -0.15) is 0 Å². The first-order valence-corrected chi connectivity index (χ1v) is 11.9. The largest absolute Gasteiger partial charge is 0.340 e. The molecule has 1 aliphatic rings. The zero-order valence-corrected chi connectivity index (χ0v) is 18.1. The highest BCUT2D eigenvalue weighted by molar-refractivity contribution is 7.91. The Morgan fingerprint density at radius 2 is 1.55 bits per heavy atom. The minimum atomic E-state index is -3.41. The monoisotopic (exact) mass is 414 g/mol. The van der Waals surface area contributed by atoms with Crippen LogP contribution < -0.4 is 0 Å². The van der Waals surface area contributed by atoms with Crippen molar-refractivity contribution in [2.24, 2.45) is 0 Å². The molecule has 1 amide bonds. The van der Waals surface area contributed by atoms with Crippen molar-refractivity contribution in [3.05, 3.63) is 65.7 Å². The lowest BCUT2D eigenvalue weighted by Crippen LogP contribution is -2.48. The van der Waals surface area contributed by atoms with Crippen LogP contribution in [0.25, 0.3) is 0 Å². The van der Waals surface area contributed by atoms with Gasteiger partial charge in [0.25, 0.3) is 0 Å². The van der Waals surface area contributed by atoms with Gasteiger partial charge in [0.05, 0.1) is 10.6 Å². The van der Waals surface area contributed by atoms with Crippen molar-refractivity contribution in [2.45, 2.75) is 37.6 Å². The highest BCUT2D eigenvalue weighted by atomic mass is 32.2. The zero-order valence-electron chi connectivity index (χ0n) is 17.3. The third-order valence-corrected chi connectivity index (χ3v) is 7.20. The smallest absolute Gasteiger partial charge is 0.223 e. The Morgan fingerprint density at radius 3 is 2.14 bits per heavy atom. The van der Waals surface area contributed by atoms with Crippen LogP contribution in [-0.4, -0.2) is 56.1 Å². The van der Waals surface area contributed by atoms with Gasteiger partial charge in [-0.15, -0.1) is 0 Å². The van der Waals surface area contributed by atoms with E-state index in [-0.39, 0.29) is 23.0 Å². The second kappa shape index (κ2) is 9.55. The van der Waals surface area contributed by atoms with Gasteiger partial charge in [0.1, 0.15) is 0 Å². The van der Waals surface area contributed by atoms with Gasteiger partial charge in [0.15, 0.2) is 9.84 Å². The molecule has 6 heteroatoms. The number of hydrogen-bond donors (Lipinski definition) is 0. The molecule has 29 heavy (non-hydrogen) atoms. The molecule has 1 fully saturated rings. The lowest BCUT2D eigenvalue weighted by molar-refractivity contribution is -0.132. The number of carbonyl (C=O) groups is 1. The van der Waals surface area contributed by atoms with Gasteiger partial charge in [-0.25, -0.2) is 8.42 Å². The first-order chi connectivity index (χ1) is 13.8. The molecule has 0 N–H and O–H groups in total. The second-order valence-electron chi connectivity index (χ2n) is 7.94. The molecule has 0 spiro atoms. The van der Waals surface area contributed by atoms with Crippen molar-refractivity contribution in [1.82, 2.24) is 9.80 Å². The van der Waals surface area contributed by atoms with Crippen LogP contribution in [0.4, 0.5) is 0 Å². The number of nitrogens with zero attached hydrogens (tertiary/aromatic N) is 2. The maximum atomic E-state index is 12.5. The van der Waals surface area contributed by atoms with Crippen LogP contribution in [0.5, 0.6) is 0 Å². The minimum absolute atomic E-state index is 0.0356. The molecule has 1 heterocycles. The summed E-state index contributed by atoms with van der Waals surface area (Å²) in [7, 11) is -3.41. The molecule has 0 radical (unpaired) electrons. The summed E-state index contributed by atoms with van der Waals surface area (Å²) in [6.45, 7) is 8.17. The van der Waals surface area contributed by atoms with Crippen molar-refractivity contribution < 1.29 is 13.2 Å². The summed E-state index contributed by atoms with van der Waals surface area (Å²) in [6, 6.07) is 17.1. The van der Waals surface area contributed by atoms with E-state index >= 15 is 0 Å². The van der Waals surface area contributed by atoms with Crippen LogP contribution in [0.3, 0.4) is 0 Å². The molecule has 0 unspecified atom stereocenters. The van der Waals surface area contributed by atoms with Crippen molar-refractivity contribution in [3.8, 4) is 0 Å². The third kappa shape index (κ3) is 5.90. The average molecular weight is 415 g/mol. The van der Waals surface area contributed by atoms with Gasteiger partial charge in [-0.1, -0.05) is 56.3 Å². The number of hydrogen-bond acceptors (Lipinski definition) is 4. The first-order valence-electron chi connectivity index (χ1n) is 10.2. The van der Waals surface area contributed by atoms with Gasteiger partial charge < -0.3 is 4.90 Å². The van der Waals surface area contributed by atoms with E-state index in [2.05, 4.69) is 43.0 Å². The van der Waals surface area contributed by atoms with Gasteiger partial charge in [0.2, 0.25) is 5.91 Å². The van der Waals surface area contributed by atoms with Crippen LogP contribution in [-0.2, 0) is 21.2 Å². The standard InChI is InChI=1S/C23H30N2O3S/c1-19(2)21-10-8-20(9-11-21)18-24-13-15-25(16-14-24)23(26)12-17-29(27,28)22-6-4-3-5-7-22/h3-11,19H,12-18H2,1-2H3. The van der Waals surface area contributed by atoms with E-state index in [9.17, 15) is 13.2 Å². The Balaban J connectivity index is 1.46. The summed E-state index contributed by atoms with van der Waals surface area (Å²) in [5, 5.41) is 0. The molecule has 156 valence electrons. The fourth-order valence-corrected chi connectivity index (χ4v) is 4.80. The highest BCUT2D eigenvalue weighted by Crippen LogP contribution is 2.17. The van der Waals surface area contributed by atoms with Crippen LogP contribution in [0.2, 0.25) is 0 Å². The Hall–Kier alpha value is -2.18. The predicted octanol–water partition coefficient (Wildman–Crippen LogP) is 3.32. The van der Waals surface area contributed by atoms with E-state index in [0.29, 0.717) is 19.0 Å². The van der Waals surface area contributed by atoms with Crippen molar-refractivity contribution in [1.29, 1.82) is 0 Å². The van der Waals surface area contributed by atoms with Crippen LogP contribution in [0.1, 0.15) is 37.3 Å². The molecule has 2 aromatic carbocycles. The van der Waals surface area contributed by atoms with Crippen molar-refractivity contribution >= 4 is 15.7 Å². The highest BCUT2D eigenvalue weighted by Gasteiger charge is 2.23. The fraction of sp³-hybridized carbons (Fsp3) is 0.435. The van der Waals surface area contributed by atoms with E-state index in [4.69, 9.17) is 0 Å². The average Bonchev–Trinajstić information content (AvgIpc) is 2.73. The Kier molecular flexibility index (Phi) is 7.09. The molecule has 2 aromatic rings. The number of rotatable bonds is 7. The summed E-state index contributed by atoms with van der Waals surface area (Å²) in [5.41, 5.74) is 2.62. The molecule has 0 saturated carbocycles. The number of benzene rings is 2. The summed E-state index contributed by atoms with van der Waals surface area (Å²) in [4.78, 5) is 16.9. The Morgan fingerprint density at radius 1 is 0.931 bits per heavy atom.